The molecule has 82 valence electrons. The van der Waals surface area contributed by atoms with Crippen LogP contribution in [0.15, 0.2) is 0 Å². The minimum Gasteiger partial charge on any atom is -0.381 e. The molecule has 3 nitrogen and oxygen atoms in total. The van der Waals surface area contributed by atoms with Crippen molar-refractivity contribution in [2.75, 3.05) is 33.4 Å². The quantitative estimate of drug-likeness (QED) is 0.727. The first-order valence-corrected chi connectivity index (χ1v) is 5.87. The minimum absolute atomic E-state index is 0.706. The summed E-state index contributed by atoms with van der Waals surface area (Å²) in [5, 5.41) is 3.67. The molecule has 2 saturated heterocycles. The predicted molar refractivity (Wildman–Crippen MR) is 57.5 cm³/mol. The van der Waals surface area contributed by atoms with E-state index in [1.54, 1.807) is 0 Å². The average molecular weight is 198 g/mol. The second-order valence-electron chi connectivity index (χ2n) is 4.57. The van der Waals surface area contributed by atoms with E-state index in [0.717, 1.165) is 19.3 Å². The van der Waals surface area contributed by atoms with E-state index >= 15 is 0 Å². The van der Waals surface area contributed by atoms with Gasteiger partial charge in [0.2, 0.25) is 0 Å². The lowest BCUT2D eigenvalue weighted by atomic mass is 10.1. The molecular formula is C11H22N2O. The van der Waals surface area contributed by atoms with Gasteiger partial charge in [-0.1, -0.05) is 0 Å². The van der Waals surface area contributed by atoms with Crippen LogP contribution >= 0.6 is 0 Å². The van der Waals surface area contributed by atoms with Crippen LogP contribution in [-0.2, 0) is 4.74 Å². The van der Waals surface area contributed by atoms with Crippen molar-refractivity contribution < 1.29 is 4.74 Å². The lowest BCUT2D eigenvalue weighted by Gasteiger charge is -2.27. The van der Waals surface area contributed by atoms with Crippen molar-refractivity contribution in [1.82, 2.24) is 10.2 Å². The molecule has 2 rings (SSSR count). The Balaban J connectivity index is 1.65. The van der Waals surface area contributed by atoms with Crippen LogP contribution in [0.5, 0.6) is 0 Å². The molecule has 0 aromatic rings. The fourth-order valence-corrected chi connectivity index (χ4v) is 2.44. The van der Waals surface area contributed by atoms with E-state index in [0.29, 0.717) is 6.04 Å². The van der Waals surface area contributed by atoms with Crippen LogP contribution in [0.4, 0.5) is 0 Å². The molecule has 1 unspecified atom stereocenters. The maximum Gasteiger partial charge on any atom is 0.0480 e. The van der Waals surface area contributed by atoms with Gasteiger partial charge in [-0.2, -0.15) is 0 Å². The lowest BCUT2D eigenvalue weighted by Crippen LogP contribution is -2.42. The molecule has 0 spiro atoms. The zero-order valence-corrected chi connectivity index (χ0v) is 9.17. The Morgan fingerprint density at radius 1 is 1.29 bits per heavy atom. The first-order valence-electron chi connectivity index (χ1n) is 5.87. The predicted octanol–water partition coefficient (Wildman–Crippen LogP) is 0.849. The Hall–Kier alpha value is -0.120. The minimum atomic E-state index is 0.706. The van der Waals surface area contributed by atoms with Gasteiger partial charge in [0, 0.05) is 31.8 Å². The molecule has 0 bridgehead atoms. The molecule has 0 aromatic heterocycles. The van der Waals surface area contributed by atoms with Gasteiger partial charge in [0.1, 0.15) is 0 Å². The Morgan fingerprint density at radius 3 is 2.71 bits per heavy atom. The standard InChI is InChI=1S/C11H22N2O/c1-13-6-2-3-11(13)9-12-10-4-7-14-8-5-10/h10-12H,2-9H2,1H3. The van der Waals surface area contributed by atoms with E-state index in [1.165, 1.54) is 38.8 Å². The Bertz CT molecular complexity index is 169. The molecule has 0 saturated carbocycles. The van der Waals surface area contributed by atoms with Gasteiger partial charge in [-0.25, -0.2) is 0 Å². The van der Waals surface area contributed by atoms with Crippen LogP contribution in [0.25, 0.3) is 0 Å². The Kier molecular flexibility index (Phi) is 3.79. The third kappa shape index (κ3) is 2.69. The van der Waals surface area contributed by atoms with Crippen LogP contribution in [0.1, 0.15) is 25.7 Å². The van der Waals surface area contributed by atoms with E-state index in [2.05, 4.69) is 17.3 Å². The number of likely N-dealkylation sites (N-methyl/N-ethyl adjacent to an activating group) is 1. The summed E-state index contributed by atoms with van der Waals surface area (Å²) in [7, 11) is 2.24. The monoisotopic (exact) mass is 198 g/mol. The summed E-state index contributed by atoms with van der Waals surface area (Å²) in [5.74, 6) is 0. The molecule has 3 heteroatoms. The van der Waals surface area contributed by atoms with Crippen LogP contribution in [-0.4, -0.2) is 50.3 Å². The molecule has 2 aliphatic heterocycles. The zero-order valence-electron chi connectivity index (χ0n) is 9.17. The Labute approximate surface area is 86.8 Å². The van der Waals surface area contributed by atoms with Crippen molar-refractivity contribution >= 4 is 0 Å². The van der Waals surface area contributed by atoms with E-state index in [-0.39, 0.29) is 0 Å². The van der Waals surface area contributed by atoms with Crippen molar-refractivity contribution in [3.8, 4) is 0 Å². The highest BCUT2D eigenvalue weighted by molar-refractivity contribution is 4.80. The molecule has 14 heavy (non-hydrogen) atoms. The van der Waals surface area contributed by atoms with E-state index in [1.807, 2.05) is 0 Å². The number of nitrogens with zero attached hydrogens (tertiary/aromatic N) is 1. The van der Waals surface area contributed by atoms with Gasteiger partial charge < -0.3 is 15.0 Å². The van der Waals surface area contributed by atoms with Crippen molar-refractivity contribution in [3.63, 3.8) is 0 Å². The zero-order chi connectivity index (χ0) is 9.80. The maximum absolute atomic E-state index is 5.34. The number of nitrogens with one attached hydrogen (secondary N) is 1. The van der Waals surface area contributed by atoms with Gasteiger partial charge in [0.15, 0.2) is 0 Å². The molecule has 2 aliphatic rings. The second-order valence-corrected chi connectivity index (χ2v) is 4.57. The maximum atomic E-state index is 5.34. The number of likely N-dealkylation sites (tertiary alicyclic amines) is 1. The topological polar surface area (TPSA) is 24.5 Å². The van der Waals surface area contributed by atoms with E-state index < -0.39 is 0 Å². The number of hydrogen-bond acceptors (Lipinski definition) is 3. The molecule has 2 heterocycles. The highest BCUT2D eigenvalue weighted by atomic mass is 16.5. The summed E-state index contributed by atoms with van der Waals surface area (Å²) in [6, 6.07) is 1.48. The number of hydrogen-bond donors (Lipinski definition) is 1. The van der Waals surface area contributed by atoms with Gasteiger partial charge in [0.05, 0.1) is 0 Å². The average Bonchev–Trinajstić information content (AvgIpc) is 2.63. The molecule has 0 amide bonds. The molecule has 2 fully saturated rings. The largest absolute Gasteiger partial charge is 0.381 e. The van der Waals surface area contributed by atoms with Crippen molar-refractivity contribution in [2.24, 2.45) is 0 Å². The lowest BCUT2D eigenvalue weighted by molar-refractivity contribution is 0.0764. The fourth-order valence-electron chi connectivity index (χ4n) is 2.44. The van der Waals surface area contributed by atoms with Crippen molar-refractivity contribution in [2.45, 2.75) is 37.8 Å². The van der Waals surface area contributed by atoms with Gasteiger partial charge in [-0.3, -0.25) is 0 Å². The summed E-state index contributed by atoms with van der Waals surface area (Å²) in [6.45, 7) is 4.33. The van der Waals surface area contributed by atoms with Crippen LogP contribution < -0.4 is 5.32 Å². The normalized spacial score (nSPS) is 31.1. The van der Waals surface area contributed by atoms with Gasteiger partial charge >= 0.3 is 0 Å². The molecular weight excluding hydrogens is 176 g/mol. The second kappa shape index (κ2) is 5.10. The first kappa shape index (κ1) is 10.4. The number of ether oxygens (including phenoxy) is 1. The van der Waals surface area contributed by atoms with E-state index in [4.69, 9.17) is 4.74 Å². The summed E-state index contributed by atoms with van der Waals surface area (Å²) in [4.78, 5) is 2.48. The SMILES string of the molecule is CN1CCCC1CNC1CCOCC1. The molecule has 0 aromatic carbocycles. The highest BCUT2D eigenvalue weighted by Crippen LogP contribution is 2.14. The van der Waals surface area contributed by atoms with Crippen LogP contribution in [0.3, 0.4) is 0 Å². The van der Waals surface area contributed by atoms with Gasteiger partial charge in [0.25, 0.3) is 0 Å². The molecule has 1 atom stereocenters. The first-order chi connectivity index (χ1) is 6.86. The Morgan fingerprint density at radius 2 is 2.07 bits per heavy atom. The highest BCUT2D eigenvalue weighted by Gasteiger charge is 2.22. The third-order valence-corrected chi connectivity index (χ3v) is 3.53. The molecule has 0 aliphatic carbocycles. The fraction of sp³-hybridized carbons (Fsp3) is 1.00. The summed E-state index contributed by atoms with van der Waals surface area (Å²) in [6.07, 6.45) is 5.12. The van der Waals surface area contributed by atoms with Crippen molar-refractivity contribution in [1.29, 1.82) is 0 Å². The molecule has 1 N–H and O–H groups in total. The molecule has 0 radical (unpaired) electrons. The smallest absolute Gasteiger partial charge is 0.0480 e. The third-order valence-electron chi connectivity index (χ3n) is 3.53. The summed E-state index contributed by atoms with van der Waals surface area (Å²) >= 11 is 0. The van der Waals surface area contributed by atoms with Crippen LogP contribution in [0, 0.1) is 0 Å². The summed E-state index contributed by atoms with van der Waals surface area (Å²) < 4.78 is 5.34. The van der Waals surface area contributed by atoms with Crippen LogP contribution in [0.2, 0.25) is 0 Å². The number of rotatable bonds is 3. The van der Waals surface area contributed by atoms with Gasteiger partial charge in [-0.15, -0.1) is 0 Å². The van der Waals surface area contributed by atoms with E-state index in [9.17, 15) is 0 Å². The van der Waals surface area contributed by atoms with Crippen molar-refractivity contribution in [3.05, 3.63) is 0 Å². The van der Waals surface area contributed by atoms with Gasteiger partial charge in [-0.05, 0) is 39.3 Å². The summed E-state index contributed by atoms with van der Waals surface area (Å²) in [5.41, 5.74) is 0.